The number of amides is 1. The lowest BCUT2D eigenvalue weighted by atomic mass is 9.93. The number of benzene rings is 3. The van der Waals surface area contributed by atoms with Gasteiger partial charge in [0, 0.05) is 23.0 Å². The lowest BCUT2D eigenvalue weighted by Gasteiger charge is -2.16. The quantitative estimate of drug-likeness (QED) is 0.213. The molecular formula is C30H24ClN3O4S. The van der Waals surface area contributed by atoms with Crippen molar-refractivity contribution in [1.82, 2.24) is 9.38 Å². The van der Waals surface area contributed by atoms with Crippen LogP contribution in [0.15, 0.2) is 85.2 Å². The Hall–Kier alpha value is -4.14. The third kappa shape index (κ3) is 4.66. The average molecular weight is 558 g/mol. The highest BCUT2D eigenvalue weighted by Gasteiger charge is 2.51. The van der Waals surface area contributed by atoms with E-state index in [-0.39, 0.29) is 0 Å². The van der Waals surface area contributed by atoms with E-state index in [0.717, 1.165) is 37.7 Å². The van der Waals surface area contributed by atoms with E-state index in [4.69, 9.17) is 16.3 Å². The SMILES string of the molecule is CC(OC(=O)Nc1c(-c2ccc(-c3ccc(C4(C(=O)O)CC4)cc3)cc2)sc2nccn12)c1ccccc1Cl. The van der Waals surface area contributed by atoms with Gasteiger partial charge in [0.05, 0.1) is 10.3 Å². The first-order chi connectivity index (χ1) is 18.9. The molecule has 1 unspecified atom stereocenters. The van der Waals surface area contributed by atoms with Gasteiger partial charge < -0.3 is 9.84 Å². The molecule has 1 atom stereocenters. The number of halogens is 1. The highest BCUT2D eigenvalue weighted by Crippen LogP contribution is 2.48. The second-order valence-corrected chi connectivity index (χ2v) is 11.0. The van der Waals surface area contributed by atoms with Crippen molar-refractivity contribution >= 4 is 45.8 Å². The number of imidazole rings is 1. The number of aliphatic carboxylic acids is 1. The van der Waals surface area contributed by atoms with Crippen LogP contribution in [0.25, 0.3) is 26.5 Å². The van der Waals surface area contributed by atoms with Gasteiger partial charge in [-0.15, -0.1) is 0 Å². The van der Waals surface area contributed by atoms with E-state index in [9.17, 15) is 14.7 Å². The molecular weight excluding hydrogens is 534 g/mol. The maximum absolute atomic E-state index is 12.9. The largest absolute Gasteiger partial charge is 0.481 e. The Morgan fingerprint density at radius 1 is 1.03 bits per heavy atom. The summed E-state index contributed by atoms with van der Waals surface area (Å²) < 4.78 is 7.46. The highest BCUT2D eigenvalue weighted by molar-refractivity contribution is 7.21. The molecule has 2 aromatic heterocycles. The Morgan fingerprint density at radius 2 is 1.67 bits per heavy atom. The van der Waals surface area contributed by atoms with E-state index in [1.165, 1.54) is 11.3 Å². The number of hydrogen-bond acceptors (Lipinski definition) is 5. The maximum atomic E-state index is 12.9. The molecule has 1 amide bonds. The lowest BCUT2D eigenvalue weighted by Crippen LogP contribution is -2.19. The normalized spacial score (nSPS) is 14.6. The number of carbonyl (C=O) groups is 2. The summed E-state index contributed by atoms with van der Waals surface area (Å²) in [4.78, 5) is 30.5. The van der Waals surface area contributed by atoms with Crippen molar-refractivity contribution in [3.8, 4) is 21.6 Å². The minimum Gasteiger partial charge on any atom is -0.481 e. The van der Waals surface area contributed by atoms with Crippen LogP contribution in [0.5, 0.6) is 0 Å². The van der Waals surface area contributed by atoms with Gasteiger partial charge in [0.1, 0.15) is 11.9 Å². The third-order valence-corrected chi connectivity index (χ3v) is 8.64. The van der Waals surface area contributed by atoms with E-state index < -0.39 is 23.6 Å². The van der Waals surface area contributed by atoms with E-state index in [0.29, 0.717) is 23.7 Å². The molecule has 3 aromatic carbocycles. The number of fused-ring (bicyclic) bond motifs is 1. The van der Waals surface area contributed by atoms with Crippen molar-refractivity contribution < 1.29 is 19.4 Å². The Balaban J connectivity index is 1.23. The van der Waals surface area contributed by atoms with Gasteiger partial charge in [-0.25, -0.2) is 9.78 Å². The Morgan fingerprint density at radius 3 is 2.31 bits per heavy atom. The van der Waals surface area contributed by atoms with Crippen molar-refractivity contribution in [1.29, 1.82) is 0 Å². The molecule has 5 aromatic rings. The van der Waals surface area contributed by atoms with Gasteiger partial charge in [-0.2, -0.15) is 0 Å². The summed E-state index contributed by atoms with van der Waals surface area (Å²) in [5.74, 6) is -0.183. The van der Waals surface area contributed by atoms with Crippen LogP contribution in [0, 0.1) is 0 Å². The zero-order valence-corrected chi connectivity index (χ0v) is 22.5. The number of carboxylic acids is 1. The van der Waals surface area contributed by atoms with Gasteiger partial charge in [-0.1, -0.05) is 89.7 Å². The van der Waals surface area contributed by atoms with Crippen LogP contribution in [-0.4, -0.2) is 26.6 Å². The topological polar surface area (TPSA) is 92.9 Å². The molecule has 1 aliphatic carbocycles. The zero-order chi connectivity index (χ0) is 27.1. The first-order valence-electron chi connectivity index (χ1n) is 12.5. The first kappa shape index (κ1) is 25.2. The fourth-order valence-electron chi connectivity index (χ4n) is 4.80. The minimum atomic E-state index is -0.756. The molecule has 6 rings (SSSR count). The first-order valence-corrected chi connectivity index (χ1v) is 13.7. The van der Waals surface area contributed by atoms with E-state index >= 15 is 0 Å². The molecule has 0 saturated heterocycles. The zero-order valence-electron chi connectivity index (χ0n) is 20.9. The van der Waals surface area contributed by atoms with E-state index in [1.54, 1.807) is 25.4 Å². The summed E-state index contributed by atoms with van der Waals surface area (Å²) >= 11 is 7.73. The van der Waals surface area contributed by atoms with Crippen LogP contribution in [0.3, 0.4) is 0 Å². The molecule has 0 aliphatic heterocycles. The van der Waals surface area contributed by atoms with Crippen LogP contribution < -0.4 is 5.32 Å². The smallest absolute Gasteiger partial charge is 0.413 e. The maximum Gasteiger partial charge on any atom is 0.413 e. The summed E-state index contributed by atoms with van der Waals surface area (Å²) in [6.45, 7) is 1.78. The van der Waals surface area contributed by atoms with Crippen LogP contribution in [0.1, 0.15) is 37.0 Å². The van der Waals surface area contributed by atoms with Gasteiger partial charge in [0.2, 0.25) is 0 Å². The van der Waals surface area contributed by atoms with Crippen molar-refractivity contribution in [2.45, 2.75) is 31.3 Å². The molecule has 39 heavy (non-hydrogen) atoms. The standard InChI is InChI=1S/C30H24ClN3O4S/c1-18(23-4-2-3-5-24(23)31)38-29(37)33-26-25(39-28-32-16-17-34(26)28)21-8-6-19(7-9-21)20-10-12-22(13-11-20)30(14-15-30)27(35)36/h2-13,16-18H,14-15H2,1H3,(H,33,37)(H,35,36). The summed E-state index contributed by atoms with van der Waals surface area (Å²) in [6, 6.07) is 23.0. The van der Waals surface area contributed by atoms with Gasteiger partial charge >= 0.3 is 12.1 Å². The number of thiazole rings is 1. The second kappa shape index (κ2) is 9.87. The molecule has 0 spiro atoms. The Kier molecular flexibility index (Phi) is 6.37. The van der Waals surface area contributed by atoms with Crippen LogP contribution in [0.4, 0.5) is 10.6 Å². The van der Waals surface area contributed by atoms with Crippen LogP contribution in [0.2, 0.25) is 5.02 Å². The molecule has 9 heteroatoms. The molecule has 1 fully saturated rings. The summed E-state index contributed by atoms with van der Waals surface area (Å²) in [7, 11) is 0. The fraction of sp³-hybridized carbons (Fsp3) is 0.167. The van der Waals surface area contributed by atoms with E-state index in [2.05, 4.69) is 10.3 Å². The van der Waals surface area contributed by atoms with Gasteiger partial charge in [-0.05, 0) is 48.1 Å². The fourth-order valence-corrected chi connectivity index (χ4v) is 6.13. The minimum absolute atomic E-state index is 0.532. The average Bonchev–Trinajstić information content (AvgIpc) is 3.52. The molecule has 7 nitrogen and oxygen atoms in total. The van der Waals surface area contributed by atoms with E-state index in [1.807, 2.05) is 71.1 Å². The molecule has 0 bridgehead atoms. The van der Waals surface area contributed by atoms with Crippen molar-refractivity contribution in [3.63, 3.8) is 0 Å². The Labute approximate surface area is 233 Å². The molecule has 2 heterocycles. The summed E-state index contributed by atoms with van der Waals surface area (Å²) in [6.07, 6.45) is 3.72. The number of ether oxygens (including phenoxy) is 1. The molecule has 196 valence electrons. The molecule has 0 radical (unpaired) electrons. The summed E-state index contributed by atoms with van der Waals surface area (Å²) in [5.41, 5.74) is 3.80. The molecule has 2 N–H and O–H groups in total. The predicted molar refractivity (Wildman–Crippen MR) is 152 cm³/mol. The van der Waals surface area contributed by atoms with Crippen molar-refractivity contribution in [3.05, 3.63) is 101 Å². The number of carboxylic acid groups (broad SMARTS) is 1. The second-order valence-electron chi connectivity index (χ2n) is 9.60. The number of nitrogens with zero attached hydrogens (tertiary/aromatic N) is 2. The summed E-state index contributed by atoms with van der Waals surface area (Å²) in [5, 5.41) is 13.0. The van der Waals surface area contributed by atoms with Gasteiger partial charge in [0.25, 0.3) is 0 Å². The third-order valence-electron chi connectivity index (χ3n) is 7.18. The highest BCUT2D eigenvalue weighted by atomic mass is 35.5. The number of hydrogen-bond donors (Lipinski definition) is 2. The Bertz CT molecular complexity index is 1690. The van der Waals surface area contributed by atoms with Crippen LogP contribution in [-0.2, 0) is 14.9 Å². The number of anilines is 1. The monoisotopic (exact) mass is 557 g/mol. The number of carbonyl (C=O) groups excluding carboxylic acids is 1. The van der Waals surface area contributed by atoms with Crippen molar-refractivity contribution in [2.24, 2.45) is 0 Å². The number of rotatable bonds is 7. The number of aromatic nitrogens is 2. The molecule has 1 aliphatic rings. The number of nitrogens with one attached hydrogen (secondary N) is 1. The van der Waals surface area contributed by atoms with Crippen LogP contribution >= 0.6 is 22.9 Å². The van der Waals surface area contributed by atoms with Gasteiger partial charge in [-0.3, -0.25) is 14.5 Å². The van der Waals surface area contributed by atoms with Crippen molar-refractivity contribution in [2.75, 3.05) is 5.32 Å². The van der Waals surface area contributed by atoms with Gasteiger partial charge in [0.15, 0.2) is 4.96 Å². The molecule has 1 saturated carbocycles. The lowest BCUT2D eigenvalue weighted by molar-refractivity contribution is -0.140. The predicted octanol–water partition coefficient (Wildman–Crippen LogP) is 7.81.